The summed E-state index contributed by atoms with van der Waals surface area (Å²) in [4.78, 5) is 0. The molecule has 0 aliphatic carbocycles. The summed E-state index contributed by atoms with van der Waals surface area (Å²) in [7, 11) is 0. The molecule has 0 atom stereocenters. The molecule has 0 aliphatic rings. The molecule has 0 unspecified atom stereocenters. The van der Waals surface area contributed by atoms with Gasteiger partial charge in [-0.2, -0.15) is 10.3 Å². The number of aromatic amines is 1. The van der Waals surface area contributed by atoms with Gasteiger partial charge < -0.3 is 10.5 Å². The molecule has 0 radical (unpaired) electrons. The highest BCUT2D eigenvalue weighted by molar-refractivity contribution is 5.70. The van der Waals surface area contributed by atoms with E-state index in [4.69, 9.17) is 10.5 Å². The fourth-order valence-electron chi connectivity index (χ4n) is 1.44. The molecular weight excluding hydrogens is 204 g/mol. The summed E-state index contributed by atoms with van der Waals surface area (Å²) >= 11 is 0. The molecule has 1 heterocycles. The third-order valence-corrected chi connectivity index (χ3v) is 2.05. The monoisotopic (exact) mass is 218 g/mol. The quantitative estimate of drug-likeness (QED) is 0.824. The molecule has 0 saturated carbocycles. The second kappa shape index (κ2) is 4.22. The van der Waals surface area contributed by atoms with Crippen molar-refractivity contribution in [3.8, 4) is 17.0 Å². The van der Waals surface area contributed by atoms with Crippen LogP contribution in [-0.2, 0) is 0 Å². The van der Waals surface area contributed by atoms with Gasteiger partial charge in [0.2, 0.25) is 0 Å². The third kappa shape index (κ3) is 2.13. The molecule has 2 rings (SSSR count). The third-order valence-electron chi connectivity index (χ3n) is 2.05. The van der Waals surface area contributed by atoms with Gasteiger partial charge in [0.1, 0.15) is 11.4 Å². The van der Waals surface area contributed by atoms with Crippen LogP contribution >= 0.6 is 0 Å². The van der Waals surface area contributed by atoms with Crippen molar-refractivity contribution >= 4 is 5.82 Å². The molecule has 0 spiro atoms. The van der Waals surface area contributed by atoms with Crippen LogP contribution in [0.3, 0.4) is 0 Å². The van der Waals surface area contributed by atoms with Crippen molar-refractivity contribution < 1.29 is 4.74 Å². The highest BCUT2D eigenvalue weighted by Crippen LogP contribution is 2.25. The van der Waals surface area contributed by atoms with Crippen molar-refractivity contribution in [1.82, 2.24) is 15.4 Å². The van der Waals surface area contributed by atoms with Crippen molar-refractivity contribution in [2.75, 3.05) is 5.73 Å². The number of ether oxygens (including phenoxy) is 1. The normalized spacial score (nSPS) is 10.7. The molecule has 0 saturated heterocycles. The van der Waals surface area contributed by atoms with E-state index in [1.54, 1.807) is 0 Å². The average molecular weight is 218 g/mol. The summed E-state index contributed by atoms with van der Waals surface area (Å²) in [6.45, 7) is 3.97. The molecule has 1 aromatic heterocycles. The Bertz CT molecular complexity index is 478. The van der Waals surface area contributed by atoms with Crippen molar-refractivity contribution in [3.63, 3.8) is 0 Å². The van der Waals surface area contributed by atoms with E-state index in [1.165, 1.54) is 0 Å². The molecule has 1 aromatic carbocycles. The van der Waals surface area contributed by atoms with E-state index in [-0.39, 0.29) is 6.10 Å². The first kappa shape index (κ1) is 10.5. The number of anilines is 1. The van der Waals surface area contributed by atoms with Crippen molar-refractivity contribution in [1.29, 1.82) is 0 Å². The Morgan fingerprint density at radius 3 is 2.75 bits per heavy atom. The van der Waals surface area contributed by atoms with Gasteiger partial charge in [-0.15, -0.1) is 5.10 Å². The van der Waals surface area contributed by atoms with E-state index in [9.17, 15) is 0 Å². The van der Waals surface area contributed by atoms with Crippen molar-refractivity contribution in [2.24, 2.45) is 0 Å². The lowest BCUT2D eigenvalue weighted by Gasteiger charge is -2.10. The Morgan fingerprint density at radius 2 is 2.12 bits per heavy atom. The van der Waals surface area contributed by atoms with Crippen molar-refractivity contribution in [3.05, 3.63) is 24.3 Å². The van der Waals surface area contributed by atoms with Gasteiger partial charge in [0.25, 0.3) is 0 Å². The zero-order valence-corrected chi connectivity index (χ0v) is 9.27. The van der Waals surface area contributed by atoms with Crippen LogP contribution in [0.15, 0.2) is 24.3 Å². The Labute approximate surface area is 93.6 Å². The van der Waals surface area contributed by atoms with Crippen molar-refractivity contribution in [2.45, 2.75) is 20.0 Å². The predicted molar refractivity (Wildman–Crippen MR) is 62.0 cm³/mol. The summed E-state index contributed by atoms with van der Waals surface area (Å²) in [5.74, 6) is 1.19. The number of nitrogens with zero attached hydrogens (tertiary/aromatic N) is 2. The van der Waals surface area contributed by atoms with Gasteiger partial charge in [0.15, 0.2) is 5.82 Å². The molecular formula is C11H14N4O. The number of nitrogen functional groups attached to an aromatic ring is 1. The van der Waals surface area contributed by atoms with E-state index in [2.05, 4.69) is 15.4 Å². The first-order valence-corrected chi connectivity index (χ1v) is 5.10. The zero-order chi connectivity index (χ0) is 11.5. The topological polar surface area (TPSA) is 76.8 Å². The number of nitrogens with two attached hydrogens (primary N) is 1. The maximum absolute atomic E-state index is 5.68. The lowest BCUT2D eigenvalue weighted by atomic mass is 10.1. The first-order valence-electron chi connectivity index (χ1n) is 5.10. The van der Waals surface area contributed by atoms with Crippen LogP contribution in [0, 0.1) is 0 Å². The molecule has 3 N–H and O–H groups in total. The molecule has 5 nitrogen and oxygen atoms in total. The Hall–Kier alpha value is -2.04. The fourth-order valence-corrected chi connectivity index (χ4v) is 1.44. The molecule has 0 amide bonds. The number of benzene rings is 1. The van der Waals surface area contributed by atoms with Gasteiger partial charge in [-0.25, -0.2) is 0 Å². The summed E-state index contributed by atoms with van der Waals surface area (Å²) in [5, 5.41) is 10.3. The second-order valence-electron chi connectivity index (χ2n) is 3.75. The molecule has 2 aromatic rings. The molecule has 16 heavy (non-hydrogen) atoms. The first-order chi connectivity index (χ1) is 7.66. The molecule has 84 valence electrons. The standard InChI is InChI=1S/C11H14N4O/c1-7(2)16-9-5-3-4-8(6-9)10-11(12)14-15-13-10/h3-7H,1-2H3,(H3,12,13,14,15). The van der Waals surface area contributed by atoms with E-state index < -0.39 is 0 Å². The summed E-state index contributed by atoms with van der Waals surface area (Å²) in [6.07, 6.45) is 0.143. The van der Waals surface area contributed by atoms with Crippen LogP contribution in [0.25, 0.3) is 11.3 Å². The minimum absolute atomic E-state index is 0.143. The number of hydrogen-bond donors (Lipinski definition) is 2. The highest BCUT2D eigenvalue weighted by Gasteiger charge is 2.08. The fraction of sp³-hybridized carbons (Fsp3) is 0.273. The number of H-pyrrole nitrogens is 1. The second-order valence-corrected chi connectivity index (χ2v) is 3.75. The molecule has 0 fully saturated rings. The van der Waals surface area contributed by atoms with Gasteiger partial charge in [-0.1, -0.05) is 12.1 Å². The van der Waals surface area contributed by atoms with Crippen LogP contribution in [0.5, 0.6) is 5.75 Å². The van der Waals surface area contributed by atoms with E-state index >= 15 is 0 Å². The number of nitrogens with one attached hydrogen (secondary N) is 1. The number of hydrogen-bond acceptors (Lipinski definition) is 4. The Balaban J connectivity index is 2.33. The smallest absolute Gasteiger partial charge is 0.173 e. The molecule has 5 heteroatoms. The summed E-state index contributed by atoms with van der Waals surface area (Å²) < 4.78 is 5.59. The number of rotatable bonds is 3. The minimum Gasteiger partial charge on any atom is -0.491 e. The zero-order valence-electron chi connectivity index (χ0n) is 9.27. The summed E-state index contributed by atoms with van der Waals surface area (Å²) in [5.41, 5.74) is 7.22. The average Bonchev–Trinajstić information content (AvgIpc) is 2.64. The van der Waals surface area contributed by atoms with Crippen LogP contribution in [0.2, 0.25) is 0 Å². The van der Waals surface area contributed by atoms with Gasteiger partial charge in [-0.3, -0.25) is 0 Å². The van der Waals surface area contributed by atoms with E-state index in [1.807, 2.05) is 38.1 Å². The lowest BCUT2D eigenvalue weighted by molar-refractivity contribution is 0.242. The Kier molecular flexibility index (Phi) is 2.76. The highest BCUT2D eigenvalue weighted by atomic mass is 16.5. The maximum atomic E-state index is 5.68. The van der Waals surface area contributed by atoms with Crippen LogP contribution in [0.4, 0.5) is 5.82 Å². The van der Waals surface area contributed by atoms with Gasteiger partial charge in [0, 0.05) is 5.56 Å². The van der Waals surface area contributed by atoms with Gasteiger partial charge >= 0.3 is 0 Å². The Morgan fingerprint density at radius 1 is 1.31 bits per heavy atom. The van der Waals surface area contributed by atoms with Crippen LogP contribution < -0.4 is 10.5 Å². The maximum Gasteiger partial charge on any atom is 0.173 e. The molecule has 0 bridgehead atoms. The number of aromatic nitrogens is 3. The largest absolute Gasteiger partial charge is 0.491 e. The van der Waals surface area contributed by atoms with Crippen LogP contribution in [-0.4, -0.2) is 21.5 Å². The minimum atomic E-state index is 0.143. The predicted octanol–water partition coefficient (Wildman–Crippen LogP) is 1.84. The van der Waals surface area contributed by atoms with E-state index in [0.717, 1.165) is 11.3 Å². The SMILES string of the molecule is CC(C)Oc1cccc(-c2n[nH]nc2N)c1. The van der Waals surface area contributed by atoms with E-state index in [0.29, 0.717) is 11.5 Å². The van der Waals surface area contributed by atoms with Gasteiger partial charge in [0.05, 0.1) is 6.10 Å². The molecule has 0 aliphatic heterocycles. The summed E-state index contributed by atoms with van der Waals surface area (Å²) in [6, 6.07) is 7.62. The van der Waals surface area contributed by atoms with Crippen LogP contribution in [0.1, 0.15) is 13.8 Å². The van der Waals surface area contributed by atoms with Gasteiger partial charge in [-0.05, 0) is 26.0 Å². The lowest BCUT2D eigenvalue weighted by Crippen LogP contribution is -2.05.